The maximum atomic E-state index is 10.0. The van der Waals surface area contributed by atoms with Crippen molar-refractivity contribution < 1.29 is 25.2 Å². The summed E-state index contributed by atoms with van der Waals surface area (Å²) in [6.45, 7) is 0.132. The van der Waals surface area contributed by atoms with Crippen molar-refractivity contribution in [1.82, 2.24) is 9.78 Å². The largest absolute Gasteiger partial charge is 0.508 e. The van der Waals surface area contributed by atoms with Crippen molar-refractivity contribution in [1.29, 1.82) is 0 Å². The third-order valence-corrected chi connectivity index (χ3v) is 3.82. The van der Waals surface area contributed by atoms with E-state index in [1.165, 1.54) is 31.4 Å². The molecule has 0 fully saturated rings. The zero-order chi connectivity index (χ0) is 18.0. The van der Waals surface area contributed by atoms with Crippen LogP contribution in [0.5, 0.6) is 23.0 Å². The Hall–Kier alpha value is -3.19. The monoisotopic (exact) mass is 342 g/mol. The van der Waals surface area contributed by atoms with Crippen molar-refractivity contribution in [3.05, 3.63) is 42.5 Å². The number of ether oxygens (including phenoxy) is 1. The number of hydrogen-bond acceptors (Lipinski definition) is 6. The van der Waals surface area contributed by atoms with Crippen LogP contribution < -0.4 is 4.74 Å². The van der Waals surface area contributed by atoms with Gasteiger partial charge in [-0.2, -0.15) is 5.10 Å². The first-order chi connectivity index (χ1) is 12.0. The molecule has 0 aliphatic carbocycles. The predicted molar refractivity (Wildman–Crippen MR) is 91.7 cm³/mol. The average molecular weight is 342 g/mol. The molecule has 4 N–H and O–H groups in total. The van der Waals surface area contributed by atoms with E-state index in [4.69, 9.17) is 4.74 Å². The van der Waals surface area contributed by atoms with Crippen LogP contribution in [0.15, 0.2) is 42.5 Å². The van der Waals surface area contributed by atoms with E-state index >= 15 is 0 Å². The van der Waals surface area contributed by atoms with Gasteiger partial charge in [0.2, 0.25) is 0 Å². The van der Waals surface area contributed by atoms with E-state index in [9.17, 15) is 20.4 Å². The summed E-state index contributed by atoms with van der Waals surface area (Å²) in [4.78, 5) is 0. The van der Waals surface area contributed by atoms with E-state index in [-0.39, 0.29) is 30.4 Å². The molecule has 0 amide bonds. The Morgan fingerprint density at radius 2 is 1.76 bits per heavy atom. The van der Waals surface area contributed by atoms with Gasteiger partial charge in [-0.05, 0) is 42.5 Å². The fourth-order valence-corrected chi connectivity index (χ4v) is 2.61. The van der Waals surface area contributed by atoms with Crippen LogP contribution in [0.2, 0.25) is 0 Å². The van der Waals surface area contributed by atoms with Crippen molar-refractivity contribution in [3.8, 4) is 45.5 Å². The van der Waals surface area contributed by atoms with Crippen molar-refractivity contribution in [2.75, 3.05) is 13.7 Å². The van der Waals surface area contributed by atoms with Crippen LogP contribution in [0.25, 0.3) is 22.5 Å². The molecule has 0 saturated carbocycles. The summed E-state index contributed by atoms with van der Waals surface area (Å²) in [5.74, 6) is 0.333. The van der Waals surface area contributed by atoms with Crippen LogP contribution in [0, 0.1) is 0 Å². The van der Waals surface area contributed by atoms with Gasteiger partial charge in [-0.15, -0.1) is 0 Å². The smallest absolute Gasteiger partial charge is 0.161 e. The first kappa shape index (κ1) is 16.7. The molecular formula is C18H18N2O5. The number of hydrogen-bond donors (Lipinski definition) is 4. The molecule has 3 rings (SSSR count). The molecular weight excluding hydrogens is 324 g/mol. The summed E-state index contributed by atoms with van der Waals surface area (Å²) >= 11 is 0. The van der Waals surface area contributed by atoms with Crippen molar-refractivity contribution >= 4 is 0 Å². The normalized spacial score (nSPS) is 10.8. The summed E-state index contributed by atoms with van der Waals surface area (Å²) in [7, 11) is 1.46. The number of nitrogens with zero attached hydrogens (tertiary/aromatic N) is 2. The number of rotatable bonds is 5. The second-order valence-corrected chi connectivity index (χ2v) is 5.45. The molecule has 0 spiro atoms. The molecule has 1 heterocycles. The average Bonchev–Trinajstić information content (AvgIpc) is 3.01. The Bertz CT molecular complexity index is 904. The van der Waals surface area contributed by atoms with Gasteiger partial charge in [0.05, 0.1) is 31.6 Å². The minimum Gasteiger partial charge on any atom is -0.508 e. The third-order valence-electron chi connectivity index (χ3n) is 3.82. The van der Waals surface area contributed by atoms with Gasteiger partial charge in [-0.25, -0.2) is 0 Å². The Morgan fingerprint density at radius 3 is 2.48 bits per heavy atom. The van der Waals surface area contributed by atoms with E-state index in [1.807, 2.05) is 0 Å². The highest BCUT2D eigenvalue weighted by Crippen LogP contribution is 2.36. The van der Waals surface area contributed by atoms with E-state index in [0.717, 1.165) is 5.56 Å². The number of aliphatic hydroxyl groups is 1. The maximum Gasteiger partial charge on any atom is 0.161 e. The van der Waals surface area contributed by atoms with Gasteiger partial charge >= 0.3 is 0 Å². The van der Waals surface area contributed by atoms with E-state index in [1.54, 1.807) is 22.9 Å². The standard InChI is InChI=1S/C18H18N2O5/c1-25-18-8-11(2-4-17(18)24)15-10-14(19-20(15)6-7-21)13-9-12(22)3-5-16(13)23/h2-5,8-10,21-24H,6-7H2,1H3. The highest BCUT2D eigenvalue weighted by molar-refractivity contribution is 5.74. The molecule has 130 valence electrons. The fraction of sp³-hybridized carbons (Fsp3) is 0.167. The number of phenols is 3. The Kier molecular flexibility index (Phi) is 4.49. The summed E-state index contributed by atoms with van der Waals surface area (Å²) in [6.07, 6.45) is 0. The van der Waals surface area contributed by atoms with Gasteiger partial charge in [0, 0.05) is 11.1 Å². The predicted octanol–water partition coefficient (Wildman–Crippen LogP) is 2.33. The second-order valence-electron chi connectivity index (χ2n) is 5.45. The third kappa shape index (κ3) is 3.22. The number of phenolic OH excluding ortho intramolecular Hbond substituents is 3. The van der Waals surface area contributed by atoms with Crippen LogP contribution in [-0.2, 0) is 6.54 Å². The highest BCUT2D eigenvalue weighted by Gasteiger charge is 2.16. The van der Waals surface area contributed by atoms with Crippen LogP contribution in [0.1, 0.15) is 0 Å². The lowest BCUT2D eigenvalue weighted by atomic mass is 10.1. The van der Waals surface area contributed by atoms with Gasteiger partial charge < -0.3 is 25.2 Å². The van der Waals surface area contributed by atoms with E-state index < -0.39 is 0 Å². The van der Waals surface area contributed by atoms with E-state index in [0.29, 0.717) is 22.7 Å². The first-order valence-electron chi connectivity index (χ1n) is 7.62. The molecule has 0 aliphatic heterocycles. The van der Waals surface area contributed by atoms with Crippen LogP contribution in [0.3, 0.4) is 0 Å². The van der Waals surface area contributed by atoms with Crippen molar-refractivity contribution in [2.24, 2.45) is 0 Å². The maximum absolute atomic E-state index is 10.0. The lowest BCUT2D eigenvalue weighted by molar-refractivity contribution is 0.270. The number of aliphatic hydroxyl groups excluding tert-OH is 1. The fourth-order valence-electron chi connectivity index (χ4n) is 2.61. The van der Waals surface area contributed by atoms with Gasteiger partial charge in [0.25, 0.3) is 0 Å². The van der Waals surface area contributed by atoms with Crippen LogP contribution >= 0.6 is 0 Å². The molecule has 0 bridgehead atoms. The molecule has 2 aromatic carbocycles. The minimum atomic E-state index is -0.116. The van der Waals surface area contributed by atoms with Gasteiger partial charge in [-0.1, -0.05) is 0 Å². The summed E-state index contributed by atoms with van der Waals surface area (Å²) in [5, 5.41) is 43.2. The number of aromatic nitrogens is 2. The lowest BCUT2D eigenvalue weighted by Gasteiger charge is -2.08. The zero-order valence-corrected chi connectivity index (χ0v) is 13.5. The topological polar surface area (TPSA) is 108 Å². The zero-order valence-electron chi connectivity index (χ0n) is 13.5. The highest BCUT2D eigenvalue weighted by atomic mass is 16.5. The molecule has 0 unspecified atom stereocenters. The first-order valence-corrected chi connectivity index (χ1v) is 7.62. The molecule has 1 aromatic heterocycles. The Morgan fingerprint density at radius 1 is 1.00 bits per heavy atom. The number of methoxy groups -OCH3 is 1. The summed E-state index contributed by atoms with van der Waals surface area (Å²) in [5.41, 5.74) is 2.22. The molecule has 25 heavy (non-hydrogen) atoms. The van der Waals surface area contributed by atoms with E-state index in [2.05, 4.69) is 5.10 Å². The van der Waals surface area contributed by atoms with Crippen LogP contribution in [-0.4, -0.2) is 43.9 Å². The second kappa shape index (κ2) is 6.74. The number of benzene rings is 2. The molecule has 0 atom stereocenters. The molecule has 7 nitrogen and oxygen atoms in total. The minimum absolute atomic E-state index is 0.0114. The summed E-state index contributed by atoms with van der Waals surface area (Å²) < 4.78 is 6.72. The molecule has 0 radical (unpaired) electrons. The van der Waals surface area contributed by atoms with Gasteiger partial charge in [0.15, 0.2) is 11.5 Å². The molecule has 0 aliphatic rings. The number of aromatic hydroxyl groups is 3. The molecule has 3 aromatic rings. The van der Waals surface area contributed by atoms with Gasteiger partial charge in [0.1, 0.15) is 11.5 Å². The van der Waals surface area contributed by atoms with Crippen LogP contribution in [0.4, 0.5) is 0 Å². The Balaban J connectivity index is 2.14. The Labute approximate surface area is 144 Å². The SMILES string of the molecule is COc1cc(-c2cc(-c3cc(O)ccc3O)nn2CCO)ccc1O. The van der Waals surface area contributed by atoms with Crippen molar-refractivity contribution in [3.63, 3.8) is 0 Å². The lowest BCUT2D eigenvalue weighted by Crippen LogP contribution is -2.05. The molecule has 0 saturated heterocycles. The molecule has 7 heteroatoms. The quantitative estimate of drug-likeness (QED) is 0.530. The summed E-state index contributed by atoms with van der Waals surface area (Å²) in [6, 6.07) is 10.8. The van der Waals surface area contributed by atoms with Crippen molar-refractivity contribution in [2.45, 2.75) is 6.54 Å². The van der Waals surface area contributed by atoms with Gasteiger partial charge in [-0.3, -0.25) is 4.68 Å².